The smallest absolute Gasteiger partial charge is 0.401 e. The number of nitrogens with zero attached hydrogens (tertiary/aromatic N) is 4. The fourth-order valence-corrected chi connectivity index (χ4v) is 5.14. The Bertz CT molecular complexity index is 1650. The van der Waals surface area contributed by atoms with Gasteiger partial charge < -0.3 is 20.3 Å². The first-order valence-electron chi connectivity index (χ1n) is 14.3. The molecule has 0 atom stereocenters. The quantitative estimate of drug-likeness (QED) is 0.113. The summed E-state index contributed by atoms with van der Waals surface area (Å²) < 4.78 is 72.8. The number of halogens is 5. The van der Waals surface area contributed by atoms with Gasteiger partial charge in [0.25, 0.3) is 0 Å². The first-order chi connectivity index (χ1) is 21.6. The van der Waals surface area contributed by atoms with Gasteiger partial charge in [-0.15, -0.1) is 0 Å². The molecule has 236 valence electrons. The third kappa shape index (κ3) is 8.31. The predicted octanol–water partition coefficient (Wildman–Crippen LogP) is 6.39. The molecule has 1 fully saturated rings. The molecule has 0 radical (unpaired) electrons. The Morgan fingerprint density at radius 3 is 2.40 bits per heavy atom. The van der Waals surface area contributed by atoms with E-state index in [9.17, 15) is 26.7 Å². The van der Waals surface area contributed by atoms with Crippen LogP contribution < -0.4 is 15.4 Å². The second-order valence-corrected chi connectivity index (χ2v) is 10.5. The molecule has 5 rings (SSSR count). The average Bonchev–Trinajstić information content (AvgIpc) is 3.00. The zero-order valence-corrected chi connectivity index (χ0v) is 24.2. The molecule has 4 aromatic rings. The largest absolute Gasteiger partial charge is 0.491 e. The fraction of sp³-hybridized carbons (Fsp3) is 0.281. The number of piperazine rings is 1. The molecule has 8 nitrogen and oxygen atoms in total. The molecule has 1 amide bonds. The van der Waals surface area contributed by atoms with Crippen molar-refractivity contribution in [3.8, 4) is 16.9 Å². The molecule has 13 heteroatoms. The monoisotopic (exact) mass is 626 g/mol. The van der Waals surface area contributed by atoms with Gasteiger partial charge in [0.1, 0.15) is 29.5 Å². The van der Waals surface area contributed by atoms with E-state index in [0.717, 1.165) is 6.08 Å². The zero-order chi connectivity index (χ0) is 32.0. The maximum absolute atomic E-state index is 14.4. The summed E-state index contributed by atoms with van der Waals surface area (Å²) in [7, 11) is 0. The van der Waals surface area contributed by atoms with Crippen LogP contribution in [0.3, 0.4) is 0 Å². The lowest BCUT2D eigenvalue weighted by Gasteiger charge is -2.34. The van der Waals surface area contributed by atoms with E-state index in [4.69, 9.17) is 4.74 Å². The lowest BCUT2D eigenvalue weighted by Crippen LogP contribution is -2.49. The second kappa shape index (κ2) is 14.0. The van der Waals surface area contributed by atoms with E-state index < -0.39 is 30.3 Å². The molecule has 1 aliphatic heterocycles. The molecule has 1 saturated heterocycles. The number of alkyl halides is 3. The minimum absolute atomic E-state index is 0.145. The summed E-state index contributed by atoms with van der Waals surface area (Å²) in [6, 6.07) is 13.6. The highest BCUT2D eigenvalue weighted by molar-refractivity contribution is 6.03. The molecule has 45 heavy (non-hydrogen) atoms. The van der Waals surface area contributed by atoms with E-state index in [1.807, 2.05) is 0 Å². The number of carbonyl (C=O) groups excluding carboxylic acids is 1. The molecule has 0 aliphatic carbocycles. The van der Waals surface area contributed by atoms with Crippen molar-refractivity contribution in [2.75, 3.05) is 56.5 Å². The molecule has 2 N–H and O–H groups in total. The van der Waals surface area contributed by atoms with Crippen molar-refractivity contribution >= 4 is 34.0 Å². The highest BCUT2D eigenvalue weighted by Crippen LogP contribution is 2.35. The maximum atomic E-state index is 14.4. The van der Waals surface area contributed by atoms with Crippen LogP contribution in [0.1, 0.15) is 6.42 Å². The van der Waals surface area contributed by atoms with Crippen molar-refractivity contribution < 1.29 is 31.5 Å². The molecule has 1 aliphatic rings. The molecule has 0 saturated carbocycles. The minimum Gasteiger partial charge on any atom is -0.491 e. The third-order valence-electron chi connectivity index (χ3n) is 7.30. The molecular formula is C32H31F5N6O2. The average molecular weight is 627 g/mol. The van der Waals surface area contributed by atoms with Crippen LogP contribution in [0.25, 0.3) is 22.0 Å². The molecule has 3 aromatic carbocycles. The van der Waals surface area contributed by atoms with E-state index >= 15 is 0 Å². The molecule has 0 unspecified atom stereocenters. The van der Waals surface area contributed by atoms with Crippen LogP contribution in [0.4, 0.5) is 39.1 Å². The molecule has 2 heterocycles. The highest BCUT2D eigenvalue weighted by Gasteiger charge is 2.32. The number of nitrogens with one attached hydrogen (secondary N) is 2. The first-order valence-corrected chi connectivity index (χ1v) is 14.3. The van der Waals surface area contributed by atoms with Crippen LogP contribution in [0.15, 0.2) is 73.6 Å². The zero-order valence-electron chi connectivity index (χ0n) is 24.2. The van der Waals surface area contributed by atoms with Gasteiger partial charge in [0.05, 0.1) is 29.9 Å². The van der Waals surface area contributed by atoms with Crippen LogP contribution in [-0.2, 0) is 4.79 Å². The molecule has 0 bridgehead atoms. The Balaban J connectivity index is 1.30. The van der Waals surface area contributed by atoms with Gasteiger partial charge in [0.15, 0.2) is 0 Å². The molecule has 0 spiro atoms. The molecule has 1 aromatic heterocycles. The van der Waals surface area contributed by atoms with Gasteiger partial charge in [-0.2, -0.15) is 13.2 Å². The van der Waals surface area contributed by atoms with E-state index in [1.165, 1.54) is 29.4 Å². The van der Waals surface area contributed by atoms with Crippen LogP contribution in [0, 0.1) is 11.6 Å². The van der Waals surface area contributed by atoms with Crippen molar-refractivity contribution in [2.24, 2.45) is 0 Å². The van der Waals surface area contributed by atoms with Crippen molar-refractivity contribution in [1.29, 1.82) is 0 Å². The van der Waals surface area contributed by atoms with Crippen LogP contribution in [-0.4, -0.2) is 77.7 Å². The number of rotatable bonds is 11. The normalized spacial score (nSPS) is 14.3. The Morgan fingerprint density at radius 1 is 0.978 bits per heavy atom. The van der Waals surface area contributed by atoms with Crippen LogP contribution in [0.5, 0.6) is 5.75 Å². The van der Waals surface area contributed by atoms with Crippen molar-refractivity contribution in [2.45, 2.75) is 12.6 Å². The summed E-state index contributed by atoms with van der Waals surface area (Å²) >= 11 is 0. The Morgan fingerprint density at radius 2 is 1.69 bits per heavy atom. The summed E-state index contributed by atoms with van der Waals surface area (Å²) in [6.45, 7) is 5.33. The first kappa shape index (κ1) is 31.8. The minimum atomic E-state index is -4.20. The van der Waals surface area contributed by atoms with Crippen molar-refractivity contribution in [3.63, 3.8) is 0 Å². The summed E-state index contributed by atoms with van der Waals surface area (Å²) in [6.07, 6.45) is -1.11. The number of hydrogen-bond donors (Lipinski definition) is 2. The fourth-order valence-electron chi connectivity index (χ4n) is 5.14. The highest BCUT2D eigenvalue weighted by atomic mass is 19.4. The number of amides is 1. The Kier molecular flexibility index (Phi) is 9.89. The van der Waals surface area contributed by atoms with E-state index in [0.29, 0.717) is 85.2 Å². The number of hydrogen-bond acceptors (Lipinski definition) is 7. The number of fused-ring (bicyclic) bond motifs is 1. The Hall–Kier alpha value is -4.62. The maximum Gasteiger partial charge on any atom is 0.401 e. The van der Waals surface area contributed by atoms with Gasteiger partial charge in [0, 0.05) is 49.9 Å². The third-order valence-corrected chi connectivity index (χ3v) is 7.30. The summed E-state index contributed by atoms with van der Waals surface area (Å²) in [5, 5.41) is 6.46. The number of ether oxygens (including phenoxy) is 1. The van der Waals surface area contributed by atoms with Crippen molar-refractivity contribution in [1.82, 2.24) is 19.8 Å². The van der Waals surface area contributed by atoms with Gasteiger partial charge in [-0.3, -0.25) is 9.69 Å². The lowest BCUT2D eigenvalue weighted by molar-refractivity contribution is -0.149. The van der Waals surface area contributed by atoms with E-state index in [2.05, 4.69) is 32.1 Å². The lowest BCUT2D eigenvalue weighted by atomic mass is 10.0. The van der Waals surface area contributed by atoms with Crippen LogP contribution in [0.2, 0.25) is 0 Å². The standard InChI is InChI=1S/C32H31F5N6O2/c1-2-29(44)41-27-17-23-26(18-28(27)45-15-5-10-42-11-13-43(14-12-42)19-32(35,36)37)38-20-39-31(23)40-22-7-3-6-21(16-22)30-24(33)8-4-9-25(30)34/h2-4,6-9,16-18,20H,1,5,10-15,19H2,(H,41,44)(H,38,39,40). The topological polar surface area (TPSA) is 82.6 Å². The van der Waals surface area contributed by atoms with Gasteiger partial charge in [-0.25, -0.2) is 18.7 Å². The number of aromatic nitrogens is 2. The Labute approximate surface area is 256 Å². The number of anilines is 3. The van der Waals surface area contributed by atoms with E-state index in [-0.39, 0.29) is 5.56 Å². The SMILES string of the molecule is C=CC(=O)Nc1cc2c(Nc3cccc(-c4c(F)cccc4F)c3)ncnc2cc1OCCCN1CCN(CC(F)(F)F)CC1. The van der Waals surface area contributed by atoms with E-state index in [1.54, 1.807) is 36.4 Å². The summed E-state index contributed by atoms with van der Waals surface area (Å²) in [5.41, 5.74) is 1.58. The number of carbonyl (C=O) groups is 1. The van der Waals surface area contributed by atoms with Gasteiger partial charge in [-0.1, -0.05) is 24.8 Å². The van der Waals surface area contributed by atoms with Gasteiger partial charge in [0.2, 0.25) is 5.91 Å². The number of benzene rings is 3. The summed E-state index contributed by atoms with van der Waals surface area (Å²) in [4.78, 5) is 24.4. The second-order valence-electron chi connectivity index (χ2n) is 10.5. The predicted molar refractivity (Wildman–Crippen MR) is 162 cm³/mol. The summed E-state index contributed by atoms with van der Waals surface area (Å²) in [5.74, 6) is -1.07. The van der Waals surface area contributed by atoms with Crippen molar-refractivity contribution in [3.05, 3.63) is 85.2 Å². The van der Waals surface area contributed by atoms with Gasteiger partial charge >= 0.3 is 6.18 Å². The molecular weight excluding hydrogens is 595 g/mol. The van der Waals surface area contributed by atoms with Gasteiger partial charge in [-0.05, 0) is 48.4 Å². The van der Waals surface area contributed by atoms with Crippen LogP contribution >= 0.6 is 0 Å².